The maximum Gasteiger partial charge on any atom is 0.319 e. The van der Waals surface area contributed by atoms with E-state index in [4.69, 9.17) is 0 Å². The topological polar surface area (TPSA) is 96.8 Å². The predicted molar refractivity (Wildman–Crippen MR) is 122 cm³/mol. The molecule has 0 aliphatic carbocycles. The first-order valence-electron chi connectivity index (χ1n) is 10.2. The van der Waals surface area contributed by atoms with Crippen molar-refractivity contribution in [1.29, 1.82) is 0 Å². The first-order valence-corrected chi connectivity index (χ1v) is 10.2. The molecule has 8 nitrogen and oxygen atoms in total. The van der Waals surface area contributed by atoms with Crippen LogP contribution in [0, 0.1) is 27.7 Å². The highest BCUT2D eigenvalue weighted by Crippen LogP contribution is 2.26. The third kappa shape index (κ3) is 5.14. The van der Waals surface area contributed by atoms with Crippen LogP contribution in [0.15, 0.2) is 30.5 Å². The molecule has 31 heavy (non-hydrogen) atoms. The zero-order valence-corrected chi connectivity index (χ0v) is 18.6. The zero-order chi connectivity index (χ0) is 22.5. The Morgan fingerprint density at radius 2 is 1.84 bits per heavy atom. The summed E-state index contributed by atoms with van der Waals surface area (Å²) in [7, 11) is 1.32. The van der Waals surface area contributed by atoms with E-state index in [9.17, 15) is 9.59 Å². The molecule has 3 rings (SSSR count). The third-order valence-electron chi connectivity index (χ3n) is 5.40. The summed E-state index contributed by atoms with van der Waals surface area (Å²) in [6, 6.07) is 7.73. The van der Waals surface area contributed by atoms with Gasteiger partial charge in [-0.15, -0.1) is 0 Å². The van der Waals surface area contributed by atoms with Crippen LogP contribution in [-0.4, -0.2) is 35.0 Å². The molecule has 2 aromatic heterocycles. The lowest BCUT2D eigenvalue weighted by Crippen LogP contribution is -2.30. The quantitative estimate of drug-likeness (QED) is 0.502. The molecule has 2 amide bonds. The summed E-state index contributed by atoms with van der Waals surface area (Å²) in [5, 5.41) is 8.98. The molecule has 3 aromatic rings. The third-order valence-corrected chi connectivity index (χ3v) is 5.40. The Labute approximate surface area is 182 Å². The van der Waals surface area contributed by atoms with Crippen LogP contribution >= 0.6 is 0 Å². The molecule has 1 aromatic carbocycles. The van der Waals surface area contributed by atoms with Crippen molar-refractivity contribution in [3.63, 3.8) is 0 Å². The van der Waals surface area contributed by atoms with Gasteiger partial charge in [0.2, 0.25) is 0 Å². The van der Waals surface area contributed by atoms with Crippen LogP contribution in [0.25, 0.3) is 5.65 Å². The van der Waals surface area contributed by atoms with Crippen LogP contribution in [0.1, 0.15) is 34.5 Å². The predicted octanol–water partition coefficient (Wildman–Crippen LogP) is 3.86. The summed E-state index contributed by atoms with van der Waals surface area (Å²) < 4.78 is 6.55. The standard InChI is InChI=1S/C23H29N5O3/c1-14-7-6-8-15(2)19(14)12-25-20-11-18(13-28-17(4)16(3)26-22(20)28)27-23(30)24-10-9-21(29)31-5/h6-8,11,13,25H,9-10,12H2,1-5H3,(H2,24,27,30). The van der Waals surface area contributed by atoms with Gasteiger partial charge in [-0.05, 0) is 50.5 Å². The number of ether oxygens (including phenoxy) is 1. The Balaban J connectivity index is 1.82. The van der Waals surface area contributed by atoms with E-state index in [-0.39, 0.29) is 18.9 Å². The van der Waals surface area contributed by atoms with Gasteiger partial charge in [-0.1, -0.05) is 18.2 Å². The van der Waals surface area contributed by atoms with E-state index < -0.39 is 6.03 Å². The SMILES string of the molecule is COC(=O)CCNC(=O)Nc1cc(NCc2c(C)cccc2C)c2nc(C)c(C)n2c1. The number of methoxy groups -OCH3 is 1. The number of carbonyl (C=O) groups excluding carboxylic acids is 2. The molecule has 2 heterocycles. The summed E-state index contributed by atoms with van der Waals surface area (Å²) in [4.78, 5) is 28.2. The summed E-state index contributed by atoms with van der Waals surface area (Å²) in [6.07, 6.45) is 1.96. The molecule has 0 aliphatic rings. The fourth-order valence-electron chi connectivity index (χ4n) is 3.44. The van der Waals surface area contributed by atoms with E-state index in [1.165, 1.54) is 23.8 Å². The Morgan fingerprint density at radius 1 is 1.13 bits per heavy atom. The van der Waals surface area contributed by atoms with Gasteiger partial charge in [0, 0.05) is 25.0 Å². The smallest absolute Gasteiger partial charge is 0.319 e. The fourth-order valence-corrected chi connectivity index (χ4v) is 3.44. The number of aromatic nitrogens is 2. The number of rotatable bonds is 7. The van der Waals surface area contributed by atoms with Crippen molar-refractivity contribution in [3.05, 3.63) is 58.5 Å². The Hall–Kier alpha value is -3.55. The van der Waals surface area contributed by atoms with E-state index in [1.54, 1.807) is 0 Å². The molecular weight excluding hydrogens is 394 g/mol. The molecule has 0 unspecified atom stereocenters. The van der Waals surface area contributed by atoms with Gasteiger partial charge in [0.15, 0.2) is 5.65 Å². The number of nitrogens with one attached hydrogen (secondary N) is 3. The van der Waals surface area contributed by atoms with Crippen molar-refractivity contribution in [2.45, 2.75) is 40.7 Å². The zero-order valence-electron chi connectivity index (χ0n) is 18.6. The summed E-state index contributed by atoms with van der Waals surface area (Å²) in [6.45, 7) is 8.99. The number of urea groups is 1. The highest BCUT2D eigenvalue weighted by atomic mass is 16.5. The maximum absolute atomic E-state index is 12.3. The van der Waals surface area contributed by atoms with Gasteiger partial charge in [-0.2, -0.15) is 0 Å². The average molecular weight is 424 g/mol. The second-order valence-electron chi connectivity index (χ2n) is 7.55. The normalized spacial score (nSPS) is 10.7. The number of pyridine rings is 1. The van der Waals surface area contributed by atoms with Crippen molar-refractivity contribution in [2.75, 3.05) is 24.3 Å². The highest BCUT2D eigenvalue weighted by molar-refractivity contribution is 5.91. The van der Waals surface area contributed by atoms with Crippen molar-refractivity contribution in [3.8, 4) is 0 Å². The van der Waals surface area contributed by atoms with Gasteiger partial charge in [-0.3, -0.25) is 4.79 Å². The number of fused-ring (bicyclic) bond motifs is 1. The van der Waals surface area contributed by atoms with Crippen LogP contribution in [0.4, 0.5) is 16.2 Å². The minimum atomic E-state index is -0.390. The number of esters is 1. The molecule has 0 saturated heterocycles. The minimum absolute atomic E-state index is 0.116. The van der Waals surface area contributed by atoms with Crippen LogP contribution in [0.2, 0.25) is 0 Å². The number of hydrogen-bond acceptors (Lipinski definition) is 5. The van der Waals surface area contributed by atoms with Gasteiger partial charge < -0.3 is 25.1 Å². The number of aryl methyl sites for hydroxylation is 4. The van der Waals surface area contributed by atoms with E-state index in [2.05, 4.69) is 57.7 Å². The summed E-state index contributed by atoms with van der Waals surface area (Å²) >= 11 is 0. The van der Waals surface area contributed by atoms with E-state index in [0.717, 1.165) is 22.7 Å². The van der Waals surface area contributed by atoms with E-state index in [0.29, 0.717) is 12.2 Å². The van der Waals surface area contributed by atoms with Gasteiger partial charge in [0.05, 0.1) is 30.6 Å². The number of anilines is 2. The lowest BCUT2D eigenvalue weighted by molar-refractivity contribution is -0.140. The molecule has 0 saturated carbocycles. The van der Waals surface area contributed by atoms with Gasteiger partial charge in [-0.25, -0.2) is 9.78 Å². The molecule has 8 heteroatoms. The monoisotopic (exact) mass is 423 g/mol. The lowest BCUT2D eigenvalue weighted by Gasteiger charge is -2.15. The highest BCUT2D eigenvalue weighted by Gasteiger charge is 2.13. The molecule has 0 aliphatic heterocycles. The summed E-state index contributed by atoms with van der Waals surface area (Å²) in [5.74, 6) is -0.371. The molecule has 0 spiro atoms. The van der Waals surface area contributed by atoms with Crippen molar-refractivity contribution in [1.82, 2.24) is 14.7 Å². The Morgan fingerprint density at radius 3 is 2.52 bits per heavy atom. The van der Waals surface area contributed by atoms with Crippen LogP contribution in [-0.2, 0) is 16.1 Å². The Kier molecular flexibility index (Phi) is 6.79. The number of carbonyl (C=O) groups is 2. The maximum atomic E-state index is 12.3. The molecule has 0 radical (unpaired) electrons. The molecule has 164 valence electrons. The minimum Gasteiger partial charge on any atom is -0.469 e. The second kappa shape index (κ2) is 9.51. The number of hydrogen-bond donors (Lipinski definition) is 3. The molecule has 3 N–H and O–H groups in total. The van der Waals surface area contributed by atoms with E-state index in [1.807, 2.05) is 30.5 Å². The number of imidazole rings is 1. The number of amides is 2. The molecule has 0 atom stereocenters. The average Bonchev–Trinajstić information content (AvgIpc) is 3.01. The summed E-state index contributed by atoms with van der Waals surface area (Å²) in [5.41, 5.74) is 7.85. The van der Waals surface area contributed by atoms with Gasteiger partial charge >= 0.3 is 12.0 Å². The molecule has 0 bridgehead atoms. The van der Waals surface area contributed by atoms with Crippen LogP contribution in [0.5, 0.6) is 0 Å². The van der Waals surface area contributed by atoms with Crippen molar-refractivity contribution >= 4 is 29.0 Å². The first-order chi connectivity index (χ1) is 14.8. The fraction of sp³-hybridized carbons (Fsp3) is 0.348. The van der Waals surface area contributed by atoms with Crippen molar-refractivity contribution in [2.24, 2.45) is 0 Å². The molecular formula is C23H29N5O3. The molecule has 0 fully saturated rings. The lowest BCUT2D eigenvalue weighted by atomic mass is 10.0. The van der Waals surface area contributed by atoms with Crippen molar-refractivity contribution < 1.29 is 14.3 Å². The van der Waals surface area contributed by atoms with E-state index >= 15 is 0 Å². The van der Waals surface area contributed by atoms with Gasteiger partial charge in [0.1, 0.15) is 0 Å². The van der Waals surface area contributed by atoms with Crippen LogP contribution < -0.4 is 16.0 Å². The number of benzene rings is 1. The largest absolute Gasteiger partial charge is 0.469 e. The Bertz CT molecular complexity index is 1100. The second-order valence-corrected chi connectivity index (χ2v) is 7.55. The number of nitrogens with zero attached hydrogens (tertiary/aromatic N) is 2. The van der Waals surface area contributed by atoms with Crippen LogP contribution in [0.3, 0.4) is 0 Å². The van der Waals surface area contributed by atoms with Gasteiger partial charge in [0.25, 0.3) is 0 Å². The first kappa shape index (κ1) is 22.1.